The molecule has 2 aliphatic rings. The lowest BCUT2D eigenvalue weighted by Gasteiger charge is -2.42. The van der Waals surface area contributed by atoms with Crippen molar-refractivity contribution >= 4 is 0 Å². The zero-order valence-corrected chi connectivity index (χ0v) is 11.5. The van der Waals surface area contributed by atoms with Crippen molar-refractivity contribution in [1.82, 2.24) is 19.9 Å². The van der Waals surface area contributed by atoms with E-state index >= 15 is 0 Å². The van der Waals surface area contributed by atoms with Crippen molar-refractivity contribution in [2.24, 2.45) is 5.92 Å². The average Bonchev–Trinajstić information content (AvgIpc) is 2.92. The zero-order valence-electron chi connectivity index (χ0n) is 11.5. The minimum Gasteiger partial charge on any atom is -0.391 e. The lowest BCUT2D eigenvalue weighted by molar-refractivity contribution is -0.00198. The Hall–Kier alpha value is -0.940. The van der Waals surface area contributed by atoms with Gasteiger partial charge in [0.15, 0.2) is 0 Å². The second-order valence-electron chi connectivity index (χ2n) is 6.05. The molecular formula is C14H24N4O. The molecule has 3 atom stereocenters. The van der Waals surface area contributed by atoms with E-state index in [9.17, 15) is 5.11 Å². The fourth-order valence-electron chi connectivity index (χ4n) is 3.66. The summed E-state index contributed by atoms with van der Waals surface area (Å²) in [6, 6.07) is 0.396. The molecule has 5 nitrogen and oxygen atoms in total. The number of aromatic nitrogens is 3. The molecule has 1 aliphatic carbocycles. The van der Waals surface area contributed by atoms with Gasteiger partial charge >= 0.3 is 0 Å². The quantitative estimate of drug-likeness (QED) is 0.894. The molecule has 19 heavy (non-hydrogen) atoms. The van der Waals surface area contributed by atoms with E-state index in [4.69, 9.17) is 0 Å². The molecule has 106 valence electrons. The van der Waals surface area contributed by atoms with Crippen LogP contribution in [0.4, 0.5) is 0 Å². The average molecular weight is 264 g/mol. The normalized spacial score (nSPS) is 33.4. The van der Waals surface area contributed by atoms with Crippen LogP contribution in [0.25, 0.3) is 0 Å². The standard InChI is InChI=1S/C14H24N4O/c19-14-6-2-1-5-13(14)17-8-3-4-12(10-17)11-18-9-7-15-16-18/h7,9,12-14,19H,1-6,8,10-11H2. The SMILES string of the molecule is OC1CCCCC1N1CCCC(Cn2ccnn2)C1. The third-order valence-corrected chi connectivity index (χ3v) is 4.63. The van der Waals surface area contributed by atoms with Gasteiger partial charge in [-0.3, -0.25) is 9.58 Å². The van der Waals surface area contributed by atoms with Gasteiger partial charge in [0.1, 0.15) is 0 Å². The minimum absolute atomic E-state index is 0.112. The molecule has 0 spiro atoms. The van der Waals surface area contributed by atoms with E-state index in [0.717, 1.165) is 32.5 Å². The second-order valence-corrected chi connectivity index (χ2v) is 6.05. The van der Waals surface area contributed by atoms with Gasteiger partial charge < -0.3 is 5.11 Å². The summed E-state index contributed by atoms with van der Waals surface area (Å²) < 4.78 is 1.94. The molecule has 0 aromatic carbocycles. The van der Waals surface area contributed by atoms with Gasteiger partial charge in [-0.25, -0.2) is 0 Å². The summed E-state index contributed by atoms with van der Waals surface area (Å²) in [7, 11) is 0. The Kier molecular flexibility index (Phi) is 4.13. The van der Waals surface area contributed by atoms with Crippen LogP contribution in [0.1, 0.15) is 38.5 Å². The molecule has 0 radical (unpaired) electrons. The summed E-state index contributed by atoms with van der Waals surface area (Å²) >= 11 is 0. The summed E-state index contributed by atoms with van der Waals surface area (Å²) in [5.41, 5.74) is 0. The summed E-state index contributed by atoms with van der Waals surface area (Å²) in [6.45, 7) is 3.20. The van der Waals surface area contributed by atoms with Crippen LogP contribution < -0.4 is 0 Å². The molecule has 0 amide bonds. The van der Waals surface area contributed by atoms with Crippen LogP contribution >= 0.6 is 0 Å². The van der Waals surface area contributed by atoms with Crippen molar-refractivity contribution in [2.45, 2.75) is 57.2 Å². The summed E-state index contributed by atoms with van der Waals surface area (Å²) in [4.78, 5) is 2.52. The van der Waals surface area contributed by atoms with Crippen LogP contribution in [0.15, 0.2) is 12.4 Å². The molecule has 1 saturated heterocycles. The molecule has 1 saturated carbocycles. The van der Waals surface area contributed by atoms with Gasteiger partial charge in [0, 0.05) is 25.3 Å². The number of aliphatic hydroxyl groups is 1. The van der Waals surface area contributed by atoms with E-state index in [1.807, 2.05) is 10.9 Å². The number of piperidine rings is 1. The number of hydrogen-bond acceptors (Lipinski definition) is 4. The van der Waals surface area contributed by atoms with Gasteiger partial charge in [0.2, 0.25) is 0 Å². The van der Waals surface area contributed by atoms with Gasteiger partial charge in [-0.05, 0) is 38.1 Å². The van der Waals surface area contributed by atoms with Crippen molar-refractivity contribution in [2.75, 3.05) is 13.1 Å². The van der Waals surface area contributed by atoms with Gasteiger partial charge in [0.05, 0.1) is 12.3 Å². The van der Waals surface area contributed by atoms with Crippen molar-refractivity contribution in [3.05, 3.63) is 12.4 Å². The Morgan fingerprint density at radius 2 is 2.05 bits per heavy atom. The molecule has 1 N–H and O–H groups in total. The van der Waals surface area contributed by atoms with Crippen LogP contribution in [0.3, 0.4) is 0 Å². The first-order chi connectivity index (χ1) is 9.33. The van der Waals surface area contributed by atoms with E-state index in [0.29, 0.717) is 12.0 Å². The molecule has 3 unspecified atom stereocenters. The molecule has 3 rings (SSSR count). The molecule has 0 bridgehead atoms. The van der Waals surface area contributed by atoms with Crippen LogP contribution in [-0.2, 0) is 6.54 Å². The van der Waals surface area contributed by atoms with Crippen molar-refractivity contribution < 1.29 is 5.11 Å². The Morgan fingerprint density at radius 3 is 2.84 bits per heavy atom. The highest BCUT2D eigenvalue weighted by molar-refractivity contribution is 4.86. The third kappa shape index (κ3) is 3.15. The van der Waals surface area contributed by atoms with E-state index in [1.54, 1.807) is 6.20 Å². The van der Waals surface area contributed by atoms with Gasteiger partial charge in [0.25, 0.3) is 0 Å². The third-order valence-electron chi connectivity index (χ3n) is 4.63. The second kappa shape index (κ2) is 6.01. The highest BCUT2D eigenvalue weighted by atomic mass is 16.3. The zero-order chi connectivity index (χ0) is 13.1. The lowest BCUT2D eigenvalue weighted by Crippen LogP contribution is -2.50. The van der Waals surface area contributed by atoms with E-state index in [2.05, 4.69) is 15.2 Å². The van der Waals surface area contributed by atoms with E-state index < -0.39 is 0 Å². The van der Waals surface area contributed by atoms with Crippen LogP contribution in [0.5, 0.6) is 0 Å². The predicted octanol–water partition coefficient (Wildman–Crippen LogP) is 1.29. The highest BCUT2D eigenvalue weighted by Gasteiger charge is 2.32. The van der Waals surface area contributed by atoms with Gasteiger partial charge in [-0.15, -0.1) is 5.10 Å². The first-order valence-corrected chi connectivity index (χ1v) is 7.59. The molecule has 1 aromatic heterocycles. The Morgan fingerprint density at radius 1 is 1.16 bits per heavy atom. The smallest absolute Gasteiger partial charge is 0.0695 e. The number of hydrogen-bond donors (Lipinski definition) is 1. The number of aliphatic hydroxyl groups excluding tert-OH is 1. The van der Waals surface area contributed by atoms with E-state index in [1.165, 1.54) is 25.7 Å². The minimum atomic E-state index is -0.112. The summed E-state index contributed by atoms with van der Waals surface area (Å²) in [5.74, 6) is 0.643. The highest BCUT2D eigenvalue weighted by Crippen LogP contribution is 2.27. The van der Waals surface area contributed by atoms with Crippen molar-refractivity contribution in [3.63, 3.8) is 0 Å². The van der Waals surface area contributed by atoms with Crippen LogP contribution in [-0.4, -0.2) is 50.2 Å². The number of rotatable bonds is 3. The number of nitrogens with zero attached hydrogens (tertiary/aromatic N) is 4. The van der Waals surface area contributed by atoms with Crippen molar-refractivity contribution in [1.29, 1.82) is 0 Å². The maximum Gasteiger partial charge on any atom is 0.0695 e. The molecule has 1 aliphatic heterocycles. The van der Waals surface area contributed by atoms with Crippen LogP contribution in [0.2, 0.25) is 0 Å². The molecule has 5 heteroatoms. The molecule has 2 heterocycles. The largest absolute Gasteiger partial charge is 0.391 e. The lowest BCUT2D eigenvalue weighted by atomic mass is 9.88. The maximum atomic E-state index is 10.2. The monoisotopic (exact) mass is 264 g/mol. The summed E-state index contributed by atoms with van der Waals surface area (Å²) in [5, 5.41) is 18.1. The molecular weight excluding hydrogens is 240 g/mol. The van der Waals surface area contributed by atoms with Crippen LogP contribution in [0, 0.1) is 5.92 Å². The molecule has 2 fully saturated rings. The fraction of sp³-hybridized carbons (Fsp3) is 0.857. The first-order valence-electron chi connectivity index (χ1n) is 7.59. The molecule has 1 aromatic rings. The topological polar surface area (TPSA) is 54.2 Å². The number of likely N-dealkylation sites (tertiary alicyclic amines) is 1. The Balaban J connectivity index is 1.58. The fourth-order valence-corrected chi connectivity index (χ4v) is 3.66. The summed E-state index contributed by atoms with van der Waals surface area (Å²) in [6.07, 6.45) is 10.7. The Bertz CT molecular complexity index is 381. The van der Waals surface area contributed by atoms with Crippen molar-refractivity contribution in [3.8, 4) is 0 Å². The Labute approximate surface area is 114 Å². The first kappa shape index (κ1) is 13.1. The van der Waals surface area contributed by atoms with Gasteiger partial charge in [-0.1, -0.05) is 18.1 Å². The van der Waals surface area contributed by atoms with E-state index in [-0.39, 0.29) is 6.10 Å². The van der Waals surface area contributed by atoms with Gasteiger partial charge in [-0.2, -0.15) is 0 Å². The maximum absolute atomic E-state index is 10.2. The predicted molar refractivity (Wildman–Crippen MR) is 72.6 cm³/mol.